The van der Waals surface area contributed by atoms with Gasteiger partial charge in [-0.3, -0.25) is 0 Å². The molecule has 21 heavy (non-hydrogen) atoms. The molecule has 0 bridgehead atoms. The van der Waals surface area contributed by atoms with Crippen molar-refractivity contribution in [2.75, 3.05) is 6.61 Å². The highest BCUT2D eigenvalue weighted by Gasteiger charge is 2.53. The van der Waals surface area contributed by atoms with Crippen molar-refractivity contribution in [3.8, 4) is 0 Å². The third-order valence-corrected chi connectivity index (χ3v) is 6.57. The molecule has 2 aliphatic rings. The van der Waals surface area contributed by atoms with Gasteiger partial charge in [0.1, 0.15) is 4.90 Å². The van der Waals surface area contributed by atoms with Crippen molar-refractivity contribution in [2.24, 2.45) is 11.7 Å². The molecule has 3 rings (SSSR count). The molecule has 0 aromatic heterocycles. The van der Waals surface area contributed by atoms with E-state index < -0.39 is 16.1 Å². The zero-order valence-electron chi connectivity index (χ0n) is 10.7. The van der Waals surface area contributed by atoms with E-state index in [2.05, 4.69) is 4.72 Å². The molecule has 1 aliphatic carbocycles. The predicted octanol–water partition coefficient (Wildman–Crippen LogP) is 2.04. The maximum atomic E-state index is 12.5. The second kappa shape index (κ2) is 5.53. The van der Waals surface area contributed by atoms with Gasteiger partial charge in [-0.1, -0.05) is 34.8 Å². The number of halogens is 3. The molecule has 0 radical (unpaired) electrons. The maximum Gasteiger partial charge on any atom is 0.243 e. The zero-order chi connectivity index (χ0) is 15.4. The molecule has 4 unspecified atom stereocenters. The molecule has 9 heteroatoms. The molecule has 0 amide bonds. The van der Waals surface area contributed by atoms with E-state index in [0.717, 1.165) is 6.42 Å². The van der Waals surface area contributed by atoms with E-state index in [1.54, 1.807) is 0 Å². The summed E-state index contributed by atoms with van der Waals surface area (Å²) in [7, 11) is -3.90. The molecule has 3 N–H and O–H groups in total. The summed E-state index contributed by atoms with van der Waals surface area (Å²) >= 11 is 17.7. The Morgan fingerprint density at radius 3 is 2.48 bits per heavy atom. The topological polar surface area (TPSA) is 81.4 Å². The molecule has 1 saturated carbocycles. The molecule has 1 heterocycles. The molecule has 5 nitrogen and oxygen atoms in total. The summed E-state index contributed by atoms with van der Waals surface area (Å²) in [6, 6.07) is 1.93. The van der Waals surface area contributed by atoms with Gasteiger partial charge in [-0.15, -0.1) is 0 Å². The van der Waals surface area contributed by atoms with Gasteiger partial charge in [0.05, 0.1) is 22.2 Å². The molecule has 2 fully saturated rings. The lowest BCUT2D eigenvalue weighted by Gasteiger charge is -2.45. The van der Waals surface area contributed by atoms with Crippen LogP contribution in [-0.4, -0.2) is 33.2 Å². The molecule has 116 valence electrons. The van der Waals surface area contributed by atoms with Gasteiger partial charge in [0.25, 0.3) is 0 Å². The minimum Gasteiger partial charge on any atom is -0.376 e. The largest absolute Gasteiger partial charge is 0.376 e. The van der Waals surface area contributed by atoms with Crippen molar-refractivity contribution in [1.29, 1.82) is 0 Å². The first kappa shape index (κ1) is 15.8. The van der Waals surface area contributed by atoms with Gasteiger partial charge in [-0.25, -0.2) is 13.1 Å². The van der Waals surface area contributed by atoms with Gasteiger partial charge in [0.15, 0.2) is 0 Å². The fraction of sp³-hybridized carbons (Fsp3) is 0.500. The third kappa shape index (κ3) is 2.67. The Labute approximate surface area is 137 Å². The van der Waals surface area contributed by atoms with Crippen molar-refractivity contribution in [2.45, 2.75) is 29.5 Å². The second-order valence-corrected chi connectivity index (χ2v) is 8.11. The number of benzene rings is 1. The van der Waals surface area contributed by atoms with Crippen molar-refractivity contribution >= 4 is 44.8 Å². The van der Waals surface area contributed by atoms with E-state index in [9.17, 15) is 8.42 Å². The van der Waals surface area contributed by atoms with Crippen LogP contribution in [0, 0.1) is 5.92 Å². The number of nitrogens with one attached hydrogen (secondary N) is 1. The standard InChI is InChI=1S/C12H13Cl3N2O3S/c13-5-3-7(14)12(8(15)4-5)21(18,19)17-10-9(16)6-1-2-20-11(6)10/h3-4,6,9-11,17H,1-2,16H2. The quantitative estimate of drug-likeness (QED) is 0.852. The van der Waals surface area contributed by atoms with E-state index in [0.29, 0.717) is 6.61 Å². The molecule has 4 atom stereocenters. The molecule has 1 aromatic rings. The van der Waals surface area contributed by atoms with Gasteiger partial charge >= 0.3 is 0 Å². The number of nitrogens with two attached hydrogens (primary N) is 1. The maximum absolute atomic E-state index is 12.5. The van der Waals surface area contributed by atoms with Crippen LogP contribution >= 0.6 is 34.8 Å². The Kier molecular flexibility index (Phi) is 4.16. The molecular formula is C12H13Cl3N2O3S. The lowest BCUT2D eigenvalue weighted by Crippen LogP contribution is -2.68. The van der Waals surface area contributed by atoms with Gasteiger partial charge < -0.3 is 10.5 Å². The van der Waals surface area contributed by atoms with Crippen LogP contribution in [0.5, 0.6) is 0 Å². The highest BCUT2D eigenvalue weighted by molar-refractivity contribution is 7.89. The number of hydrogen-bond donors (Lipinski definition) is 2. The van der Waals surface area contributed by atoms with E-state index >= 15 is 0 Å². The first-order valence-corrected chi connectivity index (χ1v) is 8.97. The minimum atomic E-state index is -3.90. The number of rotatable bonds is 3. The van der Waals surface area contributed by atoms with Crippen molar-refractivity contribution in [1.82, 2.24) is 4.72 Å². The highest BCUT2D eigenvalue weighted by atomic mass is 35.5. The minimum absolute atomic E-state index is 0.0308. The number of ether oxygens (including phenoxy) is 1. The first-order chi connectivity index (χ1) is 9.81. The SMILES string of the molecule is NC1C2CCOC2C1NS(=O)(=O)c1c(Cl)cc(Cl)cc1Cl. The van der Waals surface area contributed by atoms with Crippen LogP contribution in [0.15, 0.2) is 17.0 Å². The second-order valence-electron chi connectivity index (χ2n) is 5.21. The van der Waals surface area contributed by atoms with Gasteiger partial charge in [-0.05, 0) is 18.6 Å². The Balaban J connectivity index is 1.88. The Morgan fingerprint density at radius 2 is 1.86 bits per heavy atom. The summed E-state index contributed by atoms with van der Waals surface area (Å²) in [5.74, 6) is 0.203. The van der Waals surface area contributed by atoms with Crippen LogP contribution in [0.2, 0.25) is 15.1 Å². The number of fused-ring (bicyclic) bond motifs is 1. The smallest absolute Gasteiger partial charge is 0.243 e. The summed E-state index contributed by atoms with van der Waals surface area (Å²) in [6.07, 6.45) is 0.673. The van der Waals surface area contributed by atoms with E-state index in [1.165, 1.54) is 12.1 Å². The fourth-order valence-electron chi connectivity index (χ4n) is 2.92. The summed E-state index contributed by atoms with van der Waals surface area (Å²) in [5.41, 5.74) is 6.00. The zero-order valence-corrected chi connectivity index (χ0v) is 13.8. The van der Waals surface area contributed by atoms with Crippen molar-refractivity contribution in [3.05, 3.63) is 27.2 Å². The van der Waals surface area contributed by atoms with Gasteiger partial charge in [0, 0.05) is 23.6 Å². The molecule has 0 spiro atoms. The Hall–Kier alpha value is -0.0800. The van der Waals surface area contributed by atoms with Gasteiger partial charge in [-0.2, -0.15) is 0 Å². The summed E-state index contributed by atoms with van der Waals surface area (Å²) in [6.45, 7) is 0.601. The van der Waals surface area contributed by atoms with Crippen LogP contribution in [-0.2, 0) is 14.8 Å². The summed E-state index contributed by atoms with van der Waals surface area (Å²) < 4.78 is 33.0. The van der Waals surface area contributed by atoms with Crippen LogP contribution in [0.4, 0.5) is 0 Å². The monoisotopic (exact) mass is 370 g/mol. The van der Waals surface area contributed by atoms with E-state index in [4.69, 9.17) is 45.3 Å². The Bertz CT molecular complexity index is 659. The predicted molar refractivity (Wildman–Crippen MR) is 81.4 cm³/mol. The molecule has 1 aromatic carbocycles. The number of sulfonamides is 1. The van der Waals surface area contributed by atoms with Gasteiger partial charge in [0.2, 0.25) is 10.0 Å². The van der Waals surface area contributed by atoms with Crippen molar-refractivity contribution in [3.63, 3.8) is 0 Å². The first-order valence-electron chi connectivity index (χ1n) is 6.35. The number of hydrogen-bond acceptors (Lipinski definition) is 4. The lowest BCUT2D eigenvalue weighted by atomic mass is 9.73. The lowest BCUT2D eigenvalue weighted by molar-refractivity contribution is -0.00923. The summed E-state index contributed by atoms with van der Waals surface area (Å²) in [5, 5.41) is 0.206. The average molecular weight is 372 g/mol. The fourth-order valence-corrected chi connectivity index (χ4v) is 5.74. The van der Waals surface area contributed by atoms with E-state index in [1.807, 2.05) is 0 Å². The highest BCUT2D eigenvalue weighted by Crippen LogP contribution is 2.39. The van der Waals surface area contributed by atoms with Crippen LogP contribution in [0.3, 0.4) is 0 Å². The molecule has 1 aliphatic heterocycles. The molecular weight excluding hydrogens is 359 g/mol. The van der Waals surface area contributed by atoms with E-state index in [-0.39, 0.29) is 38.0 Å². The average Bonchev–Trinajstić information content (AvgIpc) is 2.79. The third-order valence-electron chi connectivity index (χ3n) is 3.97. The Morgan fingerprint density at radius 1 is 1.24 bits per heavy atom. The normalized spacial score (nSPS) is 31.8. The van der Waals surface area contributed by atoms with Crippen LogP contribution in [0.1, 0.15) is 6.42 Å². The van der Waals surface area contributed by atoms with Crippen molar-refractivity contribution < 1.29 is 13.2 Å². The van der Waals surface area contributed by atoms with Crippen LogP contribution < -0.4 is 10.5 Å². The molecule has 1 saturated heterocycles. The van der Waals surface area contributed by atoms with Crippen LogP contribution in [0.25, 0.3) is 0 Å². The summed E-state index contributed by atoms with van der Waals surface area (Å²) in [4.78, 5) is -0.191.